The van der Waals surface area contributed by atoms with Gasteiger partial charge in [0.15, 0.2) is 0 Å². The molecule has 9 aromatic rings. The Balaban J connectivity index is 1.23. The van der Waals surface area contributed by atoms with Crippen molar-refractivity contribution in [2.45, 2.75) is 46.7 Å². The number of rotatable bonds is 7. The van der Waals surface area contributed by atoms with E-state index in [1.165, 1.54) is 24.3 Å². The van der Waals surface area contributed by atoms with Crippen LogP contribution in [0.4, 0.5) is 0 Å². The molecule has 2 aromatic heterocycles. The summed E-state index contributed by atoms with van der Waals surface area (Å²) in [4.78, 5) is 10.1. The molecule has 1 N–H and O–H groups in total. The molecule has 59 heavy (non-hydrogen) atoms. The van der Waals surface area contributed by atoms with Gasteiger partial charge in [-0.05, 0) is 142 Å². The molecule has 288 valence electrons. The highest BCUT2D eigenvalue weighted by atomic mass is 16.3. The van der Waals surface area contributed by atoms with Crippen LogP contribution >= 0.6 is 0 Å². The maximum absolute atomic E-state index is 11.7. The Morgan fingerprint density at radius 2 is 1.25 bits per heavy atom. The molecule has 0 aliphatic carbocycles. The van der Waals surface area contributed by atoms with E-state index in [1.54, 1.807) is 18.3 Å². The van der Waals surface area contributed by atoms with Gasteiger partial charge < -0.3 is 5.11 Å². The molecule has 0 amide bonds. The second-order valence-corrected chi connectivity index (χ2v) is 14.9. The van der Waals surface area contributed by atoms with Crippen molar-refractivity contribution in [3.05, 3.63) is 192 Å². The first-order valence-electron chi connectivity index (χ1n) is 25.3. The fourth-order valence-electron chi connectivity index (χ4n) is 7.85. The average molecular weight is 778 g/mol. The molecule has 0 aliphatic rings. The molecule has 4 heteroatoms. The summed E-state index contributed by atoms with van der Waals surface area (Å²) in [5.74, 6) is 0.458. The fraction of sp³-hybridized carbons (Fsp3) is 0.127. The molecule has 0 radical (unpaired) electrons. The van der Waals surface area contributed by atoms with Gasteiger partial charge >= 0.3 is 0 Å². The highest BCUT2D eigenvalue weighted by Gasteiger charge is 2.22. The number of phenolic OH excluding ortho intramolecular Hbond substituents is 1. The number of aromatic nitrogens is 3. The largest absolute Gasteiger partial charge is 0.507 e. The molecule has 7 aromatic carbocycles. The van der Waals surface area contributed by atoms with Gasteiger partial charge in [-0.15, -0.1) is 0 Å². The fourth-order valence-corrected chi connectivity index (χ4v) is 7.85. The van der Waals surface area contributed by atoms with Crippen molar-refractivity contribution >= 4 is 11.0 Å². The first-order valence-corrected chi connectivity index (χ1v) is 19.3. The minimum atomic E-state index is -3.39. The van der Waals surface area contributed by atoms with Gasteiger partial charge in [0.05, 0.1) is 22.3 Å². The second kappa shape index (κ2) is 15.0. The standard InChI is InChI=1S/C55H47N3O/c1-35-28-37(3)53(59)49(29-35)54-57-52-48(18-13-19-51(52)58(54)46-24-25-47(36(2)30-46)40-16-11-8-12-17-40)43-31-42(38-14-9-7-10-15-38)32-44(33-43)50-34-41(26-27-56-50)39-20-22-45(23-21-39)55(4,5)6/h7-34,59H,1-6H3/i2D3,4D3,5D3,6D3. The summed E-state index contributed by atoms with van der Waals surface area (Å²) in [6.07, 6.45) is 1.63. The maximum Gasteiger partial charge on any atom is 0.149 e. The SMILES string of the molecule is [2H]C([2H])([2H])c1cc(-n2c(-c3cc(C)cc(C)c3O)nc3c(-c4cc(-c5ccccc5)cc(-c5cc(-c6ccc(C(C([2H])([2H])[2H])(C([2H])([2H])[2H])C([2H])([2H])[2H])cc6)ccn5)c4)cccc32)ccc1-c1ccccc1. The number of fused-ring (bicyclic) bond motifs is 1. The van der Waals surface area contributed by atoms with Crippen molar-refractivity contribution in [3.8, 4) is 78.6 Å². The minimum Gasteiger partial charge on any atom is -0.507 e. The third-order valence-electron chi connectivity index (χ3n) is 10.8. The number of benzene rings is 7. The molecule has 4 nitrogen and oxygen atoms in total. The van der Waals surface area contributed by atoms with E-state index < -0.39 is 32.8 Å². The lowest BCUT2D eigenvalue weighted by atomic mass is 9.86. The minimum absolute atomic E-state index is 0.0470. The summed E-state index contributed by atoms with van der Waals surface area (Å²) in [6, 6.07) is 49.4. The summed E-state index contributed by atoms with van der Waals surface area (Å²) >= 11 is 0. The van der Waals surface area contributed by atoms with Gasteiger partial charge in [-0.1, -0.05) is 130 Å². The van der Waals surface area contributed by atoms with E-state index in [9.17, 15) is 5.11 Å². The van der Waals surface area contributed by atoms with Crippen molar-refractivity contribution in [1.29, 1.82) is 0 Å². The van der Waals surface area contributed by atoms with Gasteiger partial charge in [-0.2, -0.15) is 0 Å². The summed E-state index contributed by atoms with van der Waals surface area (Å²) in [7, 11) is 0. The molecule has 0 atom stereocenters. The van der Waals surface area contributed by atoms with E-state index in [1.807, 2.05) is 140 Å². The topological polar surface area (TPSA) is 50.9 Å². The Kier molecular flexibility index (Phi) is 6.64. The highest BCUT2D eigenvalue weighted by molar-refractivity contribution is 5.98. The maximum atomic E-state index is 11.7. The lowest BCUT2D eigenvalue weighted by molar-refractivity contribution is 0.472. The van der Waals surface area contributed by atoms with Gasteiger partial charge in [-0.3, -0.25) is 9.55 Å². The number of phenols is 1. The van der Waals surface area contributed by atoms with Crippen molar-refractivity contribution in [2.75, 3.05) is 0 Å². The van der Waals surface area contributed by atoms with Crippen LogP contribution in [0.25, 0.3) is 83.9 Å². The van der Waals surface area contributed by atoms with Crippen LogP contribution in [0.1, 0.15) is 59.3 Å². The molecule has 0 unspecified atom stereocenters. The van der Waals surface area contributed by atoms with E-state index in [2.05, 4.69) is 6.07 Å². The molecule has 2 heterocycles. The van der Waals surface area contributed by atoms with E-state index in [4.69, 9.17) is 26.4 Å². The molecule has 9 rings (SSSR count). The molecule has 0 saturated heterocycles. The monoisotopic (exact) mass is 777 g/mol. The van der Waals surface area contributed by atoms with Gasteiger partial charge in [0.1, 0.15) is 11.6 Å². The third kappa shape index (κ3) is 7.23. The van der Waals surface area contributed by atoms with Crippen molar-refractivity contribution in [3.63, 3.8) is 0 Å². The zero-order valence-corrected chi connectivity index (χ0v) is 32.5. The van der Waals surface area contributed by atoms with Gasteiger partial charge in [0, 0.05) is 39.5 Å². The Bertz CT molecular complexity index is 3410. The Labute approximate surface area is 364 Å². The first kappa shape index (κ1) is 26.1. The second-order valence-electron chi connectivity index (χ2n) is 14.9. The summed E-state index contributed by atoms with van der Waals surface area (Å²) < 4.78 is 101. The quantitative estimate of drug-likeness (QED) is 0.175. The van der Waals surface area contributed by atoms with Gasteiger partial charge in [0.25, 0.3) is 0 Å². The predicted octanol–water partition coefficient (Wildman–Crippen LogP) is 14.4. The lowest BCUT2D eigenvalue weighted by Crippen LogP contribution is -2.10. The Morgan fingerprint density at radius 1 is 0.542 bits per heavy atom. The van der Waals surface area contributed by atoms with Crippen LogP contribution in [0.3, 0.4) is 0 Å². The smallest absolute Gasteiger partial charge is 0.149 e. The molecule has 0 fully saturated rings. The molecular weight excluding hydrogens is 719 g/mol. The Hall–Kier alpha value is -7.04. The number of aryl methyl sites for hydroxylation is 3. The van der Waals surface area contributed by atoms with Gasteiger partial charge in [-0.25, -0.2) is 4.98 Å². The molecule has 0 aliphatic heterocycles. The number of imidazole rings is 1. The van der Waals surface area contributed by atoms with Crippen LogP contribution in [-0.4, -0.2) is 19.6 Å². The third-order valence-corrected chi connectivity index (χ3v) is 10.8. The van der Waals surface area contributed by atoms with E-state index in [-0.39, 0.29) is 16.9 Å². The Morgan fingerprint density at radius 3 is 2.00 bits per heavy atom. The lowest BCUT2D eigenvalue weighted by Gasteiger charge is -2.19. The van der Waals surface area contributed by atoms with Crippen LogP contribution in [0.2, 0.25) is 0 Å². The zero-order valence-electron chi connectivity index (χ0n) is 44.5. The van der Waals surface area contributed by atoms with E-state index >= 15 is 0 Å². The van der Waals surface area contributed by atoms with Crippen molar-refractivity contribution in [2.24, 2.45) is 0 Å². The van der Waals surface area contributed by atoms with E-state index in [0.717, 1.165) is 38.9 Å². The molecule has 0 saturated carbocycles. The van der Waals surface area contributed by atoms with Crippen LogP contribution in [0.5, 0.6) is 5.75 Å². The number of hydrogen-bond donors (Lipinski definition) is 1. The molecule has 0 spiro atoms. The van der Waals surface area contributed by atoms with Crippen molar-refractivity contribution < 1.29 is 21.6 Å². The van der Waals surface area contributed by atoms with Crippen LogP contribution in [0.15, 0.2) is 170 Å². The van der Waals surface area contributed by atoms with Crippen LogP contribution in [-0.2, 0) is 5.41 Å². The number of aromatic hydroxyl groups is 1. The molecule has 0 bridgehead atoms. The number of pyridine rings is 1. The predicted molar refractivity (Wildman–Crippen MR) is 246 cm³/mol. The first-order chi connectivity index (χ1) is 33.5. The average Bonchev–Trinajstić information content (AvgIpc) is 3.71. The number of para-hydroxylation sites is 1. The van der Waals surface area contributed by atoms with E-state index in [0.29, 0.717) is 56.1 Å². The van der Waals surface area contributed by atoms with Gasteiger partial charge in [0.2, 0.25) is 0 Å². The van der Waals surface area contributed by atoms with Crippen molar-refractivity contribution in [1.82, 2.24) is 14.5 Å². The van der Waals surface area contributed by atoms with Crippen LogP contribution < -0.4 is 0 Å². The number of hydrogen-bond acceptors (Lipinski definition) is 3. The normalized spacial score (nSPS) is 15.5. The number of nitrogens with zero attached hydrogens (tertiary/aromatic N) is 3. The van der Waals surface area contributed by atoms with Crippen LogP contribution in [0, 0.1) is 20.7 Å². The highest BCUT2D eigenvalue weighted by Crippen LogP contribution is 2.41. The summed E-state index contributed by atoms with van der Waals surface area (Å²) in [5.41, 5.74) is 7.70. The zero-order chi connectivity index (χ0) is 50.8. The summed E-state index contributed by atoms with van der Waals surface area (Å²) in [5, 5.41) is 11.7. The molecular formula is C55H47N3O. The summed E-state index contributed by atoms with van der Waals surface area (Å²) in [6.45, 7) is -8.88.